The minimum atomic E-state index is -0.0837. The second-order valence-corrected chi connectivity index (χ2v) is 5.49. The molecule has 0 bridgehead atoms. The van der Waals surface area contributed by atoms with Gasteiger partial charge in [-0.25, -0.2) is 4.79 Å². The van der Waals surface area contributed by atoms with Gasteiger partial charge in [0, 0.05) is 46.4 Å². The second-order valence-electron chi connectivity index (χ2n) is 5.09. The van der Waals surface area contributed by atoms with E-state index >= 15 is 0 Å². The monoisotopic (exact) mass is 311 g/mol. The van der Waals surface area contributed by atoms with E-state index in [0.717, 1.165) is 45.8 Å². The highest BCUT2D eigenvalue weighted by Gasteiger charge is 2.21. The zero-order chi connectivity index (χ0) is 15.1. The largest absolute Gasteiger partial charge is 0.385 e. The number of para-hydroxylation sites is 1. The van der Waals surface area contributed by atoms with Crippen LogP contribution in [0.2, 0.25) is 5.02 Å². The fraction of sp³-hybridized carbons (Fsp3) is 0.533. The third-order valence-corrected chi connectivity index (χ3v) is 3.93. The molecule has 6 heteroatoms. The summed E-state index contributed by atoms with van der Waals surface area (Å²) >= 11 is 6.05. The summed E-state index contributed by atoms with van der Waals surface area (Å²) in [6.45, 7) is 5.09. The first-order valence-electron chi connectivity index (χ1n) is 7.22. The van der Waals surface area contributed by atoms with Gasteiger partial charge in [-0.1, -0.05) is 23.7 Å². The van der Waals surface area contributed by atoms with Crippen LogP contribution in [0, 0.1) is 0 Å². The number of carbonyl (C=O) groups is 1. The van der Waals surface area contributed by atoms with Crippen LogP contribution in [-0.4, -0.2) is 62.3 Å². The molecule has 2 rings (SSSR count). The third kappa shape index (κ3) is 4.88. The Morgan fingerprint density at radius 1 is 1.29 bits per heavy atom. The van der Waals surface area contributed by atoms with Gasteiger partial charge in [0.05, 0.1) is 10.7 Å². The van der Waals surface area contributed by atoms with Gasteiger partial charge in [-0.05, 0) is 18.6 Å². The minimum Gasteiger partial charge on any atom is -0.385 e. The number of amides is 2. The Hall–Kier alpha value is -1.30. The normalized spacial score (nSPS) is 16.0. The predicted molar refractivity (Wildman–Crippen MR) is 85.0 cm³/mol. The van der Waals surface area contributed by atoms with Gasteiger partial charge in [0.25, 0.3) is 0 Å². The van der Waals surface area contributed by atoms with Gasteiger partial charge in [-0.15, -0.1) is 0 Å². The van der Waals surface area contributed by atoms with Crippen LogP contribution in [0.25, 0.3) is 0 Å². The lowest BCUT2D eigenvalue weighted by atomic mass is 10.3. The standard InChI is InChI=1S/C15H22ClN3O2/c1-21-12-4-7-18-8-10-19(11-9-18)15(20)17-14-6-3-2-5-13(14)16/h2-3,5-6H,4,7-12H2,1H3,(H,17,20). The highest BCUT2D eigenvalue weighted by Crippen LogP contribution is 2.21. The molecule has 2 amide bonds. The molecular weight excluding hydrogens is 290 g/mol. The Kier molecular flexibility index (Phi) is 6.29. The molecule has 0 atom stereocenters. The summed E-state index contributed by atoms with van der Waals surface area (Å²) in [5, 5.41) is 3.42. The number of urea groups is 1. The molecule has 0 aromatic heterocycles. The molecule has 1 heterocycles. The Bertz CT molecular complexity index is 462. The van der Waals surface area contributed by atoms with Crippen LogP contribution >= 0.6 is 11.6 Å². The van der Waals surface area contributed by atoms with Crippen LogP contribution in [0.4, 0.5) is 10.5 Å². The van der Waals surface area contributed by atoms with Crippen molar-refractivity contribution in [2.75, 3.05) is 51.8 Å². The van der Waals surface area contributed by atoms with Crippen LogP contribution in [0.1, 0.15) is 6.42 Å². The molecule has 21 heavy (non-hydrogen) atoms. The Balaban J connectivity index is 1.77. The number of hydrogen-bond donors (Lipinski definition) is 1. The summed E-state index contributed by atoms with van der Waals surface area (Å²) < 4.78 is 5.06. The summed E-state index contributed by atoms with van der Waals surface area (Å²) in [4.78, 5) is 16.4. The van der Waals surface area contributed by atoms with E-state index in [1.807, 2.05) is 17.0 Å². The molecule has 0 radical (unpaired) electrons. The number of carbonyl (C=O) groups excluding carboxylic acids is 1. The number of rotatable bonds is 5. The maximum Gasteiger partial charge on any atom is 0.321 e. The van der Waals surface area contributed by atoms with Crippen molar-refractivity contribution in [2.24, 2.45) is 0 Å². The van der Waals surface area contributed by atoms with E-state index in [4.69, 9.17) is 16.3 Å². The zero-order valence-electron chi connectivity index (χ0n) is 12.3. The van der Waals surface area contributed by atoms with Crippen LogP contribution in [-0.2, 0) is 4.74 Å². The quantitative estimate of drug-likeness (QED) is 0.850. The van der Waals surface area contributed by atoms with Gasteiger partial charge in [-0.2, -0.15) is 0 Å². The molecule has 0 aliphatic carbocycles. The molecule has 1 aromatic carbocycles. The first-order valence-corrected chi connectivity index (χ1v) is 7.60. The van der Waals surface area contributed by atoms with E-state index in [1.165, 1.54) is 0 Å². The van der Waals surface area contributed by atoms with Crippen LogP contribution in [0.3, 0.4) is 0 Å². The maximum absolute atomic E-state index is 12.2. The molecule has 5 nitrogen and oxygen atoms in total. The van der Waals surface area contributed by atoms with Gasteiger partial charge < -0.3 is 15.0 Å². The topological polar surface area (TPSA) is 44.8 Å². The van der Waals surface area contributed by atoms with Gasteiger partial charge >= 0.3 is 6.03 Å². The molecule has 1 aliphatic rings. The molecule has 1 saturated heterocycles. The third-order valence-electron chi connectivity index (χ3n) is 3.60. The number of nitrogens with zero attached hydrogens (tertiary/aromatic N) is 2. The van der Waals surface area contributed by atoms with Gasteiger partial charge in [-0.3, -0.25) is 4.90 Å². The Morgan fingerprint density at radius 2 is 2.00 bits per heavy atom. The smallest absolute Gasteiger partial charge is 0.321 e. The van der Waals surface area contributed by atoms with Gasteiger partial charge in [0.1, 0.15) is 0 Å². The van der Waals surface area contributed by atoms with Crippen molar-refractivity contribution in [2.45, 2.75) is 6.42 Å². The predicted octanol–water partition coefficient (Wildman–Crippen LogP) is 2.53. The first kappa shape index (κ1) is 16.1. The molecule has 1 aliphatic heterocycles. The Morgan fingerprint density at radius 3 is 2.67 bits per heavy atom. The molecule has 1 N–H and O–H groups in total. The molecule has 1 fully saturated rings. The maximum atomic E-state index is 12.2. The average molecular weight is 312 g/mol. The van der Waals surface area contributed by atoms with Crippen molar-refractivity contribution in [1.82, 2.24) is 9.80 Å². The number of nitrogens with one attached hydrogen (secondary N) is 1. The highest BCUT2D eigenvalue weighted by atomic mass is 35.5. The number of hydrogen-bond acceptors (Lipinski definition) is 3. The van der Waals surface area contributed by atoms with E-state index in [1.54, 1.807) is 19.2 Å². The van der Waals surface area contributed by atoms with Crippen molar-refractivity contribution in [3.63, 3.8) is 0 Å². The number of halogens is 1. The summed E-state index contributed by atoms with van der Waals surface area (Å²) in [6, 6.07) is 7.19. The van der Waals surface area contributed by atoms with E-state index < -0.39 is 0 Å². The zero-order valence-corrected chi connectivity index (χ0v) is 13.1. The van der Waals surface area contributed by atoms with Crippen molar-refractivity contribution in [3.05, 3.63) is 29.3 Å². The van der Waals surface area contributed by atoms with Gasteiger partial charge in [0.2, 0.25) is 0 Å². The van der Waals surface area contributed by atoms with Gasteiger partial charge in [0.15, 0.2) is 0 Å². The number of anilines is 1. The molecule has 1 aromatic rings. The molecule has 0 saturated carbocycles. The number of ether oxygens (including phenoxy) is 1. The lowest BCUT2D eigenvalue weighted by Gasteiger charge is -2.34. The second kappa shape index (κ2) is 8.22. The summed E-state index contributed by atoms with van der Waals surface area (Å²) in [5.74, 6) is 0. The van der Waals surface area contributed by atoms with Crippen molar-refractivity contribution < 1.29 is 9.53 Å². The average Bonchev–Trinajstić information content (AvgIpc) is 2.50. The number of benzene rings is 1. The number of piperazine rings is 1. The summed E-state index contributed by atoms with van der Waals surface area (Å²) in [6.07, 6.45) is 1.03. The molecule has 116 valence electrons. The summed E-state index contributed by atoms with van der Waals surface area (Å²) in [5.41, 5.74) is 0.659. The lowest BCUT2D eigenvalue weighted by molar-refractivity contribution is 0.130. The van der Waals surface area contributed by atoms with E-state index in [0.29, 0.717) is 10.7 Å². The summed E-state index contributed by atoms with van der Waals surface area (Å²) in [7, 11) is 1.72. The molecular formula is C15H22ClN3O2. The van der Waals surface area contributed by atoms with Crippen molar-refractivity contribution in [3.8, 4) is 0 Å². The molecule has 0 spiro atoms. The van der Waals surface area contributed by atoms with Crippen molar-refractivity contribution in [1.29, 1.82) is 0 Å². The lowest BCUT2D eigenvalue weighted by Crippen LogP contribution is -2.50. The van der Waals surface area contributed by atoms with Crippen LogP contribution < -0.4 is 5.32 Å². The Labute approximate surface area is 130 Å². The number of methoxy groups -OCH3 is 1. The molecule has 0 unspecified atom stereocenters. The van der Waals surface area contributed by atoms with E-state index in [9.17, 15) is 4.79 Å². The van der Waals surface area contributed by atoms with E-state index in [2.05, 4.69) is 10.2 Å². The van der Waals surface area contributed by atoms with Crippen LogP contribution in [0.5, 0.6) is 0 Å². The highest BCUT2D eigenvalue weighted by molar-refractivity contribution is 6.33. The fourth-order valence-corrected chi connectivity index (χ4v) is 2.55. The minimum absolute atomic E-state index is 0.0837. The fourth-order valence-electron chi connectivity index (χ4n) is 2.36. The SMILES string of the molecule is COCCCN1CCN(C(=O)Nc2ccccc2Cl)CC1. The first-order chi connectivity index (χ1) is 10.2. The van der Waals surface area contributed by atoms with E-state index in [-0.39, 0.29) is 6.03 Å². The van der Waals surface area contributed by atoms with Crippen LogP contribution in [0.15, 0.2) is 24.3 Å². The van der Waals surface area contributed by atoms with Crippen molar-refractivity contribution >= 4 is 23.3 Å².